The summed E-state index contributed by atoms with van der Waals surface area (Å²) in [6.45, 7) is 7.16. The molecule has 0 aliphatic rings. The van der Waals surface area contributed by atoms with Crippen LogP contribution in [-0.2, 0) is 9.84 Å². The third kappa shape index (κ3) is 4.04. The van der Waals surface area contributed by atoms with E-state index in [9.17, 15) is 8.42 Å². The predicted octanol–water partition coefficient (Wildman–Crippen LogP) is 2.86. The van der Waals surface area contributed by atoms with Crippen LogP contribution in [0.15, 0.2) is 23.1 Å². The van der Waals surface area contributed by atoms with E-state index in [4.69, 9.17) is 0 Å². The lowest BCUT2D eigenvalue weighted by Crippen LogP contribution is -2.11. The summed E-state index contributed by atoms with van der Waals surface area (Å²) in [7, 11) is -3.13. The molecule has 1 aromatic carbocycles. The van der Waals surface area contributed by atoms with Gasteiger partial charge in [0.15, 0.2) is 9.84 Å². The van der Waals surface area contributed by atoms with Crippen LogP contribution in [0.4, 0.5) is 5.69 Å². The van der Waals surface area contributed by atoms with E-state index in [1.54, 1.807) is 12.1 Å². The highest BCUT2D eigenvalue weighted by Crippen LogP contribution is 2.20. The molecule has 0 spiro atoms. The number of nitrogens with one attached hydrogen (secondary N) is 1. The van der Waals surface area contributed by atoms with E-state index in [1.807, 2.05) is 13.0 Å². The van der Waals surface area contributed by atoms with E-state index in [1.165, 1.54) is 6.26 Å². The van der Waals surface area contributed by atoms with Gasteiger partial charge >= 0.3 is 0 Å². The van der Waals surface area contributed by atoms with Crippen molar-refractivity contribution in [2.45, 2.75) is 32.1 Å². The second-order valence-electron chi connectivity index (χ2n) is 4.64. The van der Waals surface area contributed by atoms with Crippen molar-refractivity contribution in [3.63, 3.8) is 0 Å². The average molecular weight is 255 g/mol. The first kappa shape index (κ1) is 14.0. The molecule has 0 radical (unpaired) electrons. The molecule has 1 N–H and O–H groups in total. The minimum absolute atomic E-state index is 0.370. The number of anilines is 1. The van der Waals surface area contributed by atoms with Crippen LogP contribution >= 0.6 is 0 Å². The van der Waals surface area contributed by atoms with Crippen molar-refractivity contribution in [1.29, 1.82) is 0 Å². The SMILES string of the molecule is CCC(C)CNc1cc(S(C)(=O)=O)ccc1C. The third-order valence-corrected chi connectivity index (χ3v) is 4.09. The second kappa shape index (κ2) is 5.54. The fourth-order valence-electron chi connectivity index (χ4n) is 1.45. The fraction of sp³-hybridized carbons (Fsp3) is 0.538. The monoisotopic (exact) mass is 255 g/mol. The van der Waals surface area contributed by atoms with Gasteiger partial charge in [-0.25, -0.2) is 8.42 Å². The molecule has 0 saturated carbocycles. The highest BCUT2D eigenvalue weighted by molar-refractivity contribution is 7.90. The summed E-state index contributed by atoms with van der Waals surface area (Å²) in [6, 6.07) is 5.21. The first-order valence-corrected chi connectivity index (χ1v) is 7.78. The van der Waals surface area contributed by atoms with Crippen LogP contribution in [0.2, 0.25) is 0 Å². The Bertz CT molecular complexity index is 480. The van der Waals surface area contributed by atoms with Gasteiger partial charge in [-0.05, 0) is 30.5 Å². The summed E-state index contributed by atoms with van der Waals surface area (Å²) in [5.41, 5.74) is 1.98. The van der Waals surface area contributed by atoms with E-state index in [2.05, 4.69) is 19.2 Å². The molecule has 0 saturated heterocycles. The van der Waals surface area contributed by atoms with Gasteiger partial charge in [-0.2, -0.15) is 0 Å². The smallest absolute Gasteiger partial charge is 0.175 e. The van der Waals surface area contributed by atoms with Crippen molar-refractivity contribution in [2.75, 3.05) is 18.1 Å². The van der Waals surface area contributed by atoms with Crippen LogP contribution in [0.25, 0.3) is 0 Å². The zero-order valence-corrected chi connectivity index (χ0v) is 11.8. The Morgan fingerprint density at radius 1 is 1.35 bits per heavy atom. The molecule has 1 atom stereocenters. The molecular weight excluding hydrogens is 234 g/mol. The Balaban J connectivity index is 2.92. The van der Waals surface area contributed by atoms with Gasteiger partial charge in [-0.1, -0.05) is 26.3 Å². The Labute approximate surface area is 104 Å². The van der Waals surface area contributed by atoms with Crippen molar-refractivity contribution in [3.05, 3.63) is 23.8 Å². The van der Waals surface area contributed by atoms with Gasteiger partial charge in [-0.3, -0.25) is 0 Å². The van der Waals surface area contributed by atoms with E-state index in [-0.39, 0.29) is 0 Å². The first-order chi connectivity index (χ1) is 7.84. The molecule has 0 amide bonds. The number of rotatable bonds is 5. The zero-order chi connectivity index (χ0) is 13.1. The Kier molecular flexibility index (Phi) is 4.57. The highest BCUT2D eigenvalue weighted by atomic mass is 32.2. The average Bonchev–Trinajstić information content (AvgIpc) is 2.26. The third-order valence-electron chi connectivity index (χ3n) is 2.98. The molecular formula is C13H21NO2S. The summed E-state index contributed by atoms with van der Waals surface area (Å²) < 4.78 is 22.9. The van der Waals surface area contributed by atoms with Gasteiger partial charge in [0.25, 0.3) is 0 Å². The van der Waals surface area contributed by atoms with E-state index in [0.717, 1.165) is 24.2 Å². The van der Waals surface area contributed by atoms with Crippen molar-refractivity contribution < 1.29 is 8.42 Å². The van der Waals surface area contributed by atoms with Crippen LogP contribution in [0.3, 0.4) is 0 Å². The maximum absolute atomic E-state index is 11.5. The summed E-state index contributed by atoms with van der Waals surface area (Å²) in [4.78, 5) is 0.370. The number of hydrogen-bond donors (Lipinski definition) is 1. The largest absolute Gasteiger partial charge is 0.385 e. The predicted molar refractivity (Wildman–Crippen MR) is 72.2 cm³/mol. The second-order valence-corrected chi connectivity index (χ2v) is 6.66. The van der Waals surface area contributed by atoms with Gasteiger partial charge in [0.2, 0.25) is 0 Å². The molecule has 4 heteroatoms. The molecule has 1 unspecified atom stereocenters. The normalized spacial score (nSPS) is 13.4. The van der Waals surface area contributed by atoms with E-state index in [0.29, 0.717) is 10.8 Å². The molecule has 0 bridgehead atoms. The molecule has 1 aromatic rings. The molecule has 0 heterocycles. The Morgan fingerprint density at radius 3 is 2.53 bits per heavy atom. The van der Waals surface area contributed by atoms with E-state index >= 15 is 0 Å². The Hall–Kier alpha value is -1.03. The summed E-state index contributed by atoms with van der Waals surface area (Å²) in [6.07, 6.45) is 2.34. The molecule has 1 rings (SSSR count). The van der Waals surface area contributed by atoms with Crippen molar-refractivity contribution in [2.24, 2.45) is 5.92 Å². The molecule has 0 aliphatic carbocycles. The fourth-order valence-corrected chi connectivity index (χ4v) is 2.10. The van der Waals surface area contributed by atoms with Crippen LogP contribution < -0.4 is 5.32 Å². The van der Waals surface area contributed by atoms with E-state index < -0.39 is 9.84 Å². The van der Waals surface area contributed by atoms with Crippen LogP contribution in [0.5, 0.6) is 0 Å². The van der Waals surface area contributed by atoms with Crippen LogP contribution in [0, 0.1) is 12.8 Å². The molecule has 96 valence electrons. The maximum Gasteiger partial charge on any atom is 0.175 e. The van der Waals surface area contributed by atoms with Gasteiger partial charge in [0, 0.05) is 18.5 Å². The molecule has 0 fully saturated rings. The summed E-state index contributed by atoms with van der Waals surface area (Å²) >= 11 is 0. The van der Waals surface area contributed by atoms with Crippen molar-refractivity contribution >= 4 is 15.5 Å². The zero-order valence-electron chi connectivity index (χ0n) is 10.9. The van der Waals surface area contributed by atoms with Crippen molar-refractivity contribution in [1.82, 2.24) is 0 Å². The summed E-state index contributed by atoms with van der Waals surface area (Å²) in [5.74, 6) is 0.580. The van der Waals surface area contributed by atoms with Gasteiger partial charge in [0.1, 0.15) is 0 Å². The Morgan fingerprint density at radius 2 is 2.00 bits per heavy atom. The minimum Gasteiger partial charge on any atom is -0.385 e. The van der Waals surface area contributed by atoms with Crippen LogP contribution in [-0.4, -0.2) is 21.2 Å². The van der Waals surface area contributed by atoms with Crippen LogP contribution in [0.1, 0.15) is 25.8 Å². The minimum atomic E-state index is -3.13. The standard InChI is InChI=1S/C13H21NO2S/c1-5-10(2)9-14-13-8-12(17(4,15)16)7-6-11(13)3/h6-8,10,14H,5,9H2,1-4H3. The number of sulfone groups is 1. The maximum atomic E-state index is 11.5. The number of aryl methyl sites for hydroxylation is 1. The van der Waals surface area contributed by atoms with Gasteiger partial charge in [0.05, 0.1) is 4.90 Å². The lowest BCUT2D eigenvalue weighted by Gasteiger charge is -2.14. The lowest BCUT2D eigenvalue weighted by molar-refractivity contribution is 0.593. The van der Waals surface area contributed by atoms with Gasteiger partial charge < -0.3 is 5.32 Å². The molecule has 0 aliphatic heterocycles. The number of benzene rings is 1. The topological polar surface area (TPSA) is 46.2 Å². The number of hydrogen-bond acceptors (Lipinski definition) is 3. The molecule has 17 heavy (non-hydrogen) atoms. The summed E-state index contributed by atoms with van der Waals surface area (Å²) in [5, 5.41) is 3.31. The van der Waals surface area contributed by atoms with Crippen molar-refractivity contribution in [3.8, 4) is 0 Å². The van der Waals surface area contributed by atoms with Gasteiger partial charge in [-0.15, -0.1) is 0 Å². The first-order valence-electron chi connectivity index (χ1n) is 5.89. The quantitative estimate of drug-likeness (QED) is 0.880. The molecule has 0 aromatic heterocycles. The lowest BCUT2D eigenvalue weighted by atomic mass is 10.1. The molecule has 3 nitrogen and oxygen atoms in total. The highest BCUT2D eigenvalue weighted by Gasteiger charge is 2.09.